The summed E-state index contributed by atoms with van der Waals surface area (Å²) >= 11 is 0. The largest absolute Gasteiger partial charge is 0.477 e. The SMILES string of the molecule is Cc1cccc(Oc2nnc(C)c(C)c2C(=O)O)c1F. The number of aromatic carboxylic acids is 1. The molecule has 20 heavy (non-hydrogen) atoms. The third-order valence-electron chi connectivity index (χ3n) is 3.00. The number of rotatable bonds is 3. The summed E-state index contributed by atoms with van der Waals surface area (Å²) in [5.74, 6) is -2.04. The fourth-order valence-electron chi connectivity index (χ4n) is 1.71. The van der Waals surface area contributed by atoms with Crippen LogP contribution in [0.3, 0.4) is 0 Å². The van der Waals surface area contributed by atoms with Gasteiger partial charge in [-0.15, -0.1) is 5.10 Å². The maximum Gasteiger partial charge on any atom is 0.341 e. The lowest BCUT2D eigenvalue weighted by atomic mass is 10.1. The summed E-state index contributed by atoms with van der Waals surface area (Å²) in [7, 11) is 0. The highest BCUT2D eigenvalue weighted by molar-refractivity contribution is 5.92. The maximum absolute atomic E-state index is 13.9. The number of benzene rings is 1. The summed E-state index contributed by atoms with van der Waals surface area (Å²) in [6, 6.07) is 4.61. The Labute approximate surface area is 115 Å². The van der Waals surface area contributed by atoms with Crippen LogP contribution in [-0.2, 0) is 0 Å². The van der Waals surface area contributed by atoms with E-state index in [0.29, 0.717) is 16.8 Å². The van der Waals surface area contributed by atoms with E-state index in [4.69, 9.17) is 4.74 Å². The highest BCUT2D eigenvalue weighted by Gasteiger charge is 2.20. The van der Waals surface area contributed by atoms with Crippen LogP contribution in [0.4, 0.5) is 4.39 Å². The van der Waals surface area contributed by atoms with Gasteiger partial charge in [0.2, 0.25) is 0 Å². The van der Waals surface area contributed by atoms with Crippen molar-refractivity contribution in [1.29, 1.82) is 0 Å². The van der Waals surface area contributed by atoms with Gasteiger partial charge >= 0.3 is 5.97 Å². The van der Waals surface area contributed by atoms with Crippen molar-refractivity contribution in [2.45, 2.75) is 20.8 Å². The van der Waals surface area contributed by atoms with Gasteiger partial charge in [0.1, 0.15) is 5.56 Å². The normalized spacial score (nSPS) is 10.4. The number of carbonyl (C=O) groups is 1. The monoisotopic (exact) mass is 276 g/mol. The first-order valence-electron chi connectivity index (χ1n) is 5.92. The molecule has 1 aromatic carbocycles. The molecule has 1 aromatic heterocycles. The molecule has 0 unspecified atom stereocenters. The van der Waals surface area contributed by atoms with Crippen molar-refractivity contribution in [2.24, 2.45) is 0 Å². The lowest BCUT2D eigenvalue weighted by Gasteiger charge is -2.11. The fourth-order valence-corrected chi connectivity index (χ4v) is 1.71. The van der Waals surface area contributed by atoms with Crippen LogP contribution in [0.15, 0.2) is 18.2 Å². The van der Waals surface area contributed by atoms with Gasteiger partial charge in [0, 0.05) is 0 Å². The van der Waals surface area contributed by atoms with Crippen LogP contribution in [0.1, 0.15) is 27.2 Å². The van der Waals surface area contributed by atoms with E-state index in [9.17, 15) is 14.3 Å². The number of aromatic nitrogens is 2. The van der Waals surface area contributed by atoms with Gasteiger partial charge < -0.3 is 9.84 Å². The highest BCUT2D eigenvalue weighted by Crippen LogP contribution is 2.28. The molecule has 0 amide bonds. The molecular formula is C14H13FN2O3. The average Bonchev–Trinajstić information content (AvgIpc) is 2.39. The van der Waals surface area contributed by atoms with Gasteiger partial charge in [-0.05, 0) is 38.0 Å². The molecule has 0 aliphatic heterocycles. The molecule has 6 heteroatoms. The molecule has 1 N–H and O–H groups in total. The first-order valence-corrected chi connectivity index (χ1v) is 5.92. The Bertz CT molecular complexity index is 686. The van der Waals surface area contributed by atoms with Crippen molar-refractivity contribution < 1.29 is 19.0 Å². The summed E-state index contributed by atoms with van der Waals surface area (Å²) in [6.07, 6.45) is 0. The van der Waals surface area contributed by atoms with Gasteiger partial charge in [-0.25, -0.2) is 9.18 Å². The number of hydrogen-bond acceptors (Lipinski definition) is 4. The zero-order valence-electron chi connectivity index (χ0n) is 11.3. The minimum atomic E-state index is -1.19. The lowest BCUT2D eigenvalue weighted by Crippen LogP contribution is -2.09. The van der Waals surface area contributed by atoms with Gasteiger partial charge in [-0.2, -0.15) is 5.10 Å². The summed E-state index contributed by atoms with van der Waals surface area (Å²) in [5.41, 5.74) is 1.21. The molecule has 0 saturated heterocycles. The van der Waals surface area contributed by atoms with E-state index in [1.54, 1.807) is 32.9 Å². The predicted molar refractivity (Wildman–Crippen MR) is 69.7 cm³/mol. The Morgan fingerprint density at radius 2 is 1.95 bits per heavy atom. The number of aryl methyl sites for hydroxylation is 2. The second-order valence-corrected chi connectivity index (χ2v) is 4.38. The van der Waals surface area contributed by atoms with E-state index in [1.165, 1.54) is 6.07 Å². The summed E-state index contributed by atoms with van der Waals surface area (Å²) in [6.45, 7) is 4.84. The minimum absolute atomic E-state index is 0.0787. The predicted octanol–water partition coefficient (Wildman–Crippen LogP) is 3.03. The molecule has 0 aliphatic rings. The summed E-state index contributed by atoms with van der Waals surface area (Å²) in [4.78, 5) is 11.3. The van der Waals surface area contributed by atoms with Gasteiger partial charge in [0.25, 0.3) is 5.88 Å². The van der Waals surface area contributed by atoms with Crippen LogP contribution in [0, 0.1) is 26.6 Å². The smallest absolute Gasteiger partial charge is 0.341 e. The molecule has 1 heterocycles. The molecule has 0 fully saturated rings. The number of carboxylic acids is 1. The van der Waals surface area contributed by atoms with E-state index in [-0.39, 0.29) is 17.2 Å². The zero-order valence-corrected chi connectivity index (χ0v) is 11.3. The van der Waals surface area contributed by atoms with E-state index >= 15 is 0 Å². The van der Waals surface area contributed by atoms with Crippen molar-refractivity contribution in [3.05, 3.63) is 46.4 Å². The van der Waals surface area contributed by atoms with Crippen molar-refractivity contribution in [2.75, 3.05) is 0 Å². The molecule has 2 aromatic rings. The summed E-state index contributed by atoms with van der Waals surface area (Å²) in [5, 5.41) is 16.7. The van der Waals surface area contributed by atoms with Crippen LogP contribution < -0.4 is 4.74 Å². The van der Waals surface area contributed by atoms with Crippen LogP contribution in [-0.4, -0.2) is 21.3 Å². The van der Waals surface area contributed by atoms with Crippen LogP contribution in [0.2, 0.25) is 0 Å². The number of hydrogen-bond donors (Lipinski definition) is 1. The summed E-state index contributed by atoms with van der Waals surface area (Å²) < 4.78 is 19.2. The first-order chi connectivity index (χ1) is 9.41. The van der Waals surface area contributed by atoms with E-state index < -0.39 is 11.8 Å². The fraction of sp³-hybridized carbons (Fsp3) is 0.214. The molecule has 5 nitrogen and oxygen atoms in total. The van der Waals surface area contributed by atoms with E-state index in [2.05, 4.69) is 10.2 Å². The topological polar surface area (TPSA) is 72.3 Å². The second kappa shape index (κ2) is 5.24. The van der Waals surface area contributed by atoms with Crippen LogP contribution >= 0.6 is 0 Å². The molecule has 0 saturated carbocycles. The lowest BCUT2D eigenvalue weighted by molar-refractivity contribution is 0.0692. The molecule has 0 aliphatic carbocycles. The third-order valence-corrected chi connectivity index (χ3v) is 3.00. The number of nitrogens with zero attached hydrogens (tertiary/aromatic N) is 2. The van der Waals surface area contributed by atoms with Gasteiger partial charge in [0.05, 0.1) is 5.69 Å². The third kappa shape index (κ3) is 2.45. The Balaban J connectivity index is 2.52. The van der Waals surface area contributed by atoms with Crippen molar-refractivity contribution >= 4 is 5.97 Å². The molecule has 2 rings (SSSR count). The molecule has 104 valence electrons. The van der Waals surface area contributed by atoms with E-state index in [1.807, 2.05) is 0 Å². The molecule has 0 bridgehead atoms. The van der Waals surface area contributed by atoms with Gasteiger partial charge in [-0.3, -0.25) is 0 Å². The van der Waals surface area contributed by atoms with Gasteiger partial charge in [-0.1, -0.05) is 12.1 Å². The molecule has 0 spiro atoms. The van der Waals surface area contributed by atoms with Gasteiger partial charge in [0.15, 0.2) is 11.6 Å². The van der Waals surface area contributed by atoms with Crippen molar-refractivity contribution in [1.82, 2.24) is 10.2 Å². The number of halogens is 1. The second-order valence-electron chi connectivity index (χ2n) is 4.38. The number of ether oxygens (including phenoxy) is 1. The maximum atomic E-state index is 13.9. The molecule has 0 radical (unpaired) electrons. The van der Waals surface area contributed by atoms with Crippen LogP contribution in [0.5, 0.6) is 11.6 Å². The van der Waals surface area contributed by atoms with E-state index in [0.717, 1.165) is 0 Å². The standard InChI is InChI=1S/C14H13FN2O3/c1-7-5-4-6-10(12(7)15)20-13-11(14(18)19)8(2)9(3)16-17-13/h4-6H,1-3H3,(H,18,19). The molecular weight excluding hydrogens is 263 g/mol. The Morgan fingerprint density at radius 1 is 1.25 bits per heavy atom. The first kappa shape index (κ1) is 13.9. The van der Waals surface area contributed by atoms with Crippen molar-refractivity contribution in [3.63, 3.8) is 0 Å². The van der Waals surface area contributed by atoms with Crippen LogP contribution in [0.25, 0.3) is 0 Å². The zero-order chi connectivity index (χ0) is 14.9. The highest BCUT2D eigenvalue weighted by atomic mass is 19.1. The number of carboxylic acid groups (broad SMARTS) is 1. The Kier molecular flexibility index (Phi) is 3.65. The average molecular weight is 276 g/mol. The Hall–Kier alpha value is -2.50. The van der Waals surface area contributed by atoms with Crippen molar-refractivity contribution in [3.8, 4) is 11.6 Å². The minimum Gasteiger partial charge on any atom is -0.477 e. The quantitative estimate of drug-likeness (QED) is 0.932. The molecule has 0 atom stereocenters. The Morgan fingerprint density at radius 3 is 2.60 bits per heavy atom.